The number of carboxylic acid groups (broad SMARTS) is 2. The average molecular weight is 1040 g/mol. The highest BCUT2D eigenvalue weighted by Crippen LogP contribution is 2.42. The largest absolute Gasteiger partial charge is 0.481 e. The van der Waals surface area contributed by atoms with Gasteiger partial charge in [-0.25, -0.2) is 18.4 Å². The van der Waals surface area contributed by atoms with Gasteiger partial charge < -0.3 is 56.8 Å². The summed E-state index contributed by atoms with van der Waals surface area (Å²) in [5.74, 6) is -11.6. The van der Waals surface area contributed by atoms with E-state index in [2.05, 4.69) is 21.3 Å². The van der Waals surface area contributed by atoms with Crippen molar-refractivity contribution in [1.29, 1.82) is 0 Å². The summed E-state index contributed by atoms with van der Waals surface area (Å²) in [5.41, 5.74) is 6.01. The first-order chi connectivity index (χ1) is 34.9. The van der Waals surface area contributed by atoms with Crippen molar-refractivity contribution in [1.82, 2.24) is 35.8 Å². The number of aliphatic carboxylic acids is 2. The molecule has 1 aliphatic rings. The van der Waals surface area contributed by atoms with Crippen LogP contribution in [-0.2, 0) is 59.3 Å². The molecular weight excluding hydrogens is 979 g/mol. The minimum absolute atomic E-state index is 0.0696. The third kappa shape index (κ3) is 17.8. The minimum atomic E-state index is -1.73. The Morgan fingerprint density at radius 2 is 1.46 bits per heavy atom. The first-order valence-corrected chi connectivity index (χ1v) is 23.6. The highest BCUT2D eigenvalue weighted by molar-refractivity contribution is 6.01. The molecule has 2 heterocycles. The lowest BCUT2D eigenvalue weighted by molar-refractivity contribution is -0.197. The normalized spacial score (nSPS) is 14.6. The third-order valence-electron chi connectivity index (χ3n) is 11.6. The van der Waals surface area contributed by atoms with E-state index in [1.807, 2.05) is 18.2 Å². The van der Waals surface area contributed by atoms with Crippen molar-refractivity contribution < 1.29 is 82.0 Å². The van der Waals surface area contributed by atoms with Gasteiger partial charge in [-0.15, -0.1) is 5.06 Å². The van der Waals surface area contributed by atoms with Crippen LogP contribution in [0.3, 0.4) is 0 Å². The number of aromatic nitrogens is 1. The fourth-order valence-electron chi connectivity index (χ4n) is 8.12. The van der Waals surface area contributed by atoms with Gasteiger partial charge in [-0.3, -0.25) is 43.3 Å². The van der Waals surface area contributed by atoms with E-state index < -0.39 is 165 Å². The minimum Gasteiger partial charge on any atom is -0.481 e. The lowest BCUT2D eigenvalue weighted by Crippen LogP contribution is -2.56. The molecule has 0 aliphatic carbocycles. The summed E-state index contributed by atoms with van der Waals surface area (Å²) in [7, 11) is 0. The molecule has 1 fully saturated rings. The molecule has 74 heavy (non-hydrogen) atoms. The van der Waals surface area contributed by atoms with Crippen LogP contribution in [0.5, 0.6) is 0 Å². The number of rotatable bonds is 29. The molecule has 1 aliphatic heterocycles. The number of aliphatic hydroxyl groups excluding tert-OH is 2. The Kier molecular flexibility index (Phi) is 21.8. The maximum absolute atomic E-state index is 15.3. The van der Waals surface area contributed by atoms with E-state index in [0.29, 0.717) is 10.8 Å². The van der Waals surface area contributed by atoms with Crippen LogP contribution in [0.4, 0.5) is 8.78 Å². The van der Waals surface area contributed by atoms with E-state index in [-0.39, 0.29) is 43.5 Å². The van der Waals surface area contributed by atoms with E-state index >= 15 is 4.39 Å². The summed E-state index contributed by atoms with van der Waals surface area (Å²) in [4.78, 5) is 131. The number of imide groups is 1. The van der Waals surface area contributed by atoms with Gasteiger partial charge in [-0.05, 0) is 54.5 Å². The number of nitrogens with two attached hydrogens (primary N) is 1. The SMILES string of the molecule is CC(C)(C)[C@H](c1cc(-c2cc(F)ccc2F)cn1Cc1ccccc1)N(CC[C@H](NC(=O)[C@H](CC(N)=O)NC(=O)CCCC(=O)ON1C(=O)CCC1=O)C(=O)NCCC(=O)N[C@H](CCC(=O)O)C(=O)O)C(O)CO. The molecule has 0 bridgehead atoms. The second-order valence-corrected chi connectivity index (χ2v) is 18.5. The number of hydrogen-bond donors (Lipinski definition) is 9. The predicted octanol–water partition coefficient (Wildman–Crippen LogP) is 1.13. The standard InChI is InChI=1S/C49H62F2N8O15/c1-49(2,3)45(36-22-29(31-23-30(50)12-13-32(31)51)26-57(36)25-28-8-5-4-6-9-28)58(42(66)27-60)21-19-33(46(70)53-20-18-39(63)54-34(48(72)73)14-17-43(67)68)56-47(71)35(24-37(52)61)55-38(62)10-7-11-44(69)74-59-40(64)15-16-41(59)65/h4-6,8-9,12-13,22-23,26,33-35,42,45,60,66H,7,10-11,14-21,24-25,27H2,1-3H3,(H2,52,61)(H,53,70)(H,54,63)(H,55,62)(H,56,71)(H,67,68)(H,72,73)/t33-,34+,35-,42?,45-/m0/s1. The number of carbonyl (C=O) groups excluding carboxylic acids is 8. The Morgan fingerprint density at radius 3 is 2.07 bits per heavy atom. The first kappa shape index (κ1) is 58.9. The van der Waals surface area contributed by atoms with Crippen LogP contribution in [0.2, 0.25) is 0 Å². The van der Waals surface area contributed by atoms with Crippen LogP contribution in [0, 0.1) is 17.0 Å². The number of nitrogens with one attached hydrogen (secondary N) is 4. The van der Waals surface area contributed by atoms with Crippen LogP contribution in [0.1, 0.15) is 102 Å². The van der Waals surface area contributed by atoms with E-state index in [0.717, 1.165) is 23.8 Å². The van der Waals surface area contributed by atoms with Crippen LogP contribution in [0.15, 0.2) is 60.8 Å². The Bertz CT molecular complexity index is 2520. The summed E-state index contributed by atoms with van der Waals surface area (Å²) in [6, 6.07) is 7.84. The van der Waals surface area contributed by atoms with Gasteiger partial charge in [0.1, 0.15) is 36.0 Å². The molecule has 4 rings (SSSR count). The van der Waals surface area contributed by atoms with Crippen LogP contribution < -0.4 is 27.0 Å². The van der Waals surface area contributed by atoms with E-state index in [1.54, 1.807) is 49.7 Å². The topological polar surface area (TPSA) is 346 Å². The molecule has 3 aromatic rings. The average Bonchev–Trinajstić information content (AvgIpc) is 3.88. The van der Waals surface area contributed by atoms with E-state index in [1.165, 1.54) is 4.90 Å². The number of carbonyl (C=O) groups is 10. The number of amides is 7. The Morgan fingerprint density at radius 1 is 0.811 bits per heavy atom. The summed E-state index contributed by atoms with van der Waals surface area (Å²) in [6.07, 6.45) is -4.18. The van der Waals surface area contributed by atoms with Crippen LogP contribution >= 0.6 is 0 Å². The molecule has 7 amide bonds. The predicted molar refractivity (Wildman–Crippen MR) is 255 cm³/mol. The summed E-state index contributed by atoms with van der Waals surface area (Å²) >= 11 is 0. The zero-order chi connectivity index (χ0) is 54.9. The summed E-state index contributed by atoms with van der Waals surface area (Å²) in [5, 5.41) is 50.3. The molecule has 1 unspecified atom stereocenters. The fourth-order valence-corrected chi connectivity index (χ4v) is 8.12. The first-order valence-electron chi connectivity index (χ1n) is 23.6. The Hall–Kier alpha value is -7.64. The van der Waals surface area contributed by atoms with Crippen molar-refractivity contribution in [3.63, 3.8) is 0 Å². The number of benzene rings is 2. The number of aliphatic hydroxyl groups is 2. The Balaban J connectivity index is 1.65. The van der Waals surface area contributed by atoms with Crippen molar-refractivity contribution >= 4 is 59.3 Å². The quantitative estimate of drug-likeness (QED) is 0.0348. The number of hydroxylamine groups is 2. The zero-order valence-corrected chi connectivity index (χ0v) is 41.0. The molecule has 5 atom stereocenters. The maximum Gasteiger partial charge on any atom is 0.333 e. The second kappa shape index (κ2) is 27.4. The van der Waals surface area contributed by atoms with Crippen molar-refractivity contribution in [3.8, 4) is 11.1 Å². The molecule has 0 radical (unpaired) electrons. The van der Waals surface area contributed by atoms with Gasteiger partial charge >= 0.3 is 17.9 Å². The van der Waals surface area contributed by atoms with E-state index in [9.17, 15) is 67.7 Å². The molecule has 25 heteroatoms. The van der Waals surface area contributed by atoms with Crippen molar-refractivity contribution in [2.45, 2.75) is 122 Å². The molecule has 1 aromatic heterocycles. The second-order valence-electron chi connectivity index (χ2n) is 18.5. The van der Waals surface area contributed by atoms with Gasteiger partial charge in [0.05, 0.1) is 19.1 Å². The maximum atomic E-state index is 15.3. The van der Waals surface area contributed by atoms with E-state index in [4.69, 9.17) is 15.7 Å². The summed E-state index contributed by atoms with van der Waals surface area (Å²) in [6.45, 7) is 3.96. The van der Waals surface area contributed by atoms with Gasteiger partial charge in [0.15, 0.2) is 0 Å². The van der Waals surface area contributed by atoms with Gasteiger partial charge in [0.25, 0.3) is 11.8 Å². The van der Waals surface area contributed by atoms with Gasteiger partial charge in [-0.1, -0.05) is 51.1 Å². The van der Waals surface area contributed by atoms with Crippen LogP contribution in [-0.4, -0.2) is 138 Å². The fraction of sp³-hybridized carbons (Fsp3) is 0.469. The molecular formula is C49H62F2N8O15. The molecule has 1 saturated heterocycles. The number of carboxylic acids is 2. The Labute approximate surface area is 423 Å². The number of halogens is 2. The molecule has 10 N–H and O–H groups in total. The summed E-state index contributed by atoms with van der Waals surface area (Å²) < 4.78 is 31.7. The molecule has 402 valence electrons. The number of nitrogens with zero attached hydrogens (tertiary/aromatic N) is 3. The number of primary amides is 1. The van der Waals surface area contributed by atoms with Gasteiger partial charge in [0, 0.05) is 81.2 Å². The molecule has 2 aromatic carbocycles. The van der Waals surface area contributed by atoms with Crippen molar-refractivity contribution in [3.05, 3.63) is 83.7 Å². The monoisotopic (exact) mass is 1040 g/mol. The molecule has 0 saturated carbocycles. The highest BCUT2D eigenvalue weighted by atomic mass is 19.1. The van der Waals surface area contributed by atoms with Crippen molar-refractivity contribution in [2.24, 2.45) is 11.1 Å². The van der Waals surface area contributed by atoms with Gasteiger partial charge in [-0.2, -0.15) is 0 Å². The van der Waals surface area contributed by atoms with Crippen LogP contribution in [0.25, 0.3) is 11.1 Å². The van der Waals surface area contributed by atoms with Gasteiger partial charge in [0.2, 0.25) is 29.5 Å². The molecule has 0 spiro atoms. The highest BCUT2D eigenvalue weighted by Gasteiger charge is 2.39. The third-order valence-corrected chi connectivity index (χ3v) is 11.6. The zero-order valence-electron chi connectivity index (χ0n) is 41.0. The smallest absolute Gasteiger partial charge is 0.333 e. The lowest BCUT2D eigenvalue weighted by atomic mass is 9.82. The number of hydrogen-bond acceptors (Lipinski definition) is 14. The lowest BCUT2D eigenvalue weighted by Gasteiger charge is -2.43. The van der Waals surface area contributed by atoms with Crippen molar-refractivity contribution in [2.75, 3.05) is 19.7 Å². The molecule has 23 nitrogen and oxygen atoms in total.